The van der Waals surface area contributed by atoms with Crippen molar-refractivity contribution < 1.29 is 14.3 Å². The molecule has 160 valence electrons. The predicted molar refractivity (Wildman–Crippen MR) is 121 cm³/mol. The van der Waals surface area contributed by atoms with Crippen molar-refractivity contribution in [2.45, 2.75) is 12.8 Å². The largest absolute Gasteiger partial charge is 0.493 e. The molecule has 1 aliphatic rings. The second kappa shape index (κ2) is 9.47. The molecule has 0 unspecified atom stereocenters. The Hall–Kier alpha value is -3.61. The van der Waals surface area contributed by atoms with Gasteiger partial charge in [0, 0.05) is 36.6 Å². The predicted octanol–water partition coefficient (Wildman–Crippen LogP) is 4.02. The quantitative estimate of drug-likeness (QED) is 0.652. The highest BCUT2D eigenvalue weighted by atomic mass is 16.5. The van der Waals surface area contributed by atoms with Crippen LogP contribution in [0.15, 0.2) is 60.8 Å². The molecule has 7 heteroatoms. The van der Waals surface area contributed by atoms with Gasteiger partial charge in [0.15, 0.2) is 17.3 Å². The second-order valence-corrected chi connectivity index (χ2v) is 7.45. The normalized spacial score (nSPS) is 15.9. The number of ether oxygens (including phenoxy) is 2. The molecule has 4 rings (SSSR count). The summed E-state index contributed by atoms with van der Waals surface area (Å²) >= 11 is 0. The molecule has 1 atom stereocenters. The summed E-state index contributed by atoms with van der Waals surface area (Å²) in [6.07, 6.45) is 3.54. The molecule has 0 saturated carbocycles. The summed E-state index contributed by atoms with van der Waals surface area (Å²) in [6, 6.07) is 17.2. The minimum absolute atomic E-state index is 0.00532. The van der Waals surface area contributed by atoms with Crippen molar-refractivity contribution in [3.63, 3.8) is 0 Å². The Morgan fingerprint density at radius 2 is 1.87 bits per heavy atom. The van der Waals surface area contributed by atoms with Crippen LogP contribution in [0.2, 0.25) is 0 Å². The van der Waals surface area contributed by atoms with Crippen molar-refractivity contribution in [2.75, 3.05) is 37.5 Å². The Bertz CT molecular complexity index is 1040. The lowest BCUT2D eigenvalue weighted by molar-refractivity contribution is -0.120. The number of hydrogen-bond acceptors (Lipinski definition) is 6. The Kier molecular flexibility index (Phi) is 6.31. The average molecular weight is 418 g/mol. The fourth-order valence-corrected chi connectivity index (χ4v) is 3.81. The van der Waals surface area contributed by atoms with Gasteiger partial charge in [-0.3, -0.25) is 4.79 Å². The number of methoxy groups -OCH3 is 2. The molecule has 3 aromatic rings. The molecule has 0 spiro atoms. The molecule has 1 fully saturated rings. The van der Waals surface area contributed by atoms with Gasteiger partial charge in [0.05, 0.1) is 20.1 Å². The van der Waals surface area contributed by atoms with Crippen LogP contribution in [0.4, 0.5) is 11.5 Å². The summed E-state index contributed by atoms with van der Waals surface area (Å²) in [4.78, 5) is 24.3. The number of carbonyl (C=O) groups excluding carboxylic acids is 1. The third kappa shape index (κ3) is 4.77. The maximum absolute atomic E-state index is 12.9. The number of aromatic nitrogens is 2. The maximum atomic E-state index is 12.9. The van der Waals surface area contributed by atoms with E-state index in [4.69, 9.17) is 14.5 Å². The van der Waals surface area contributed by atoms with Crippen LogP contribution in [-0.2, 0) is 4.79 Å². The molecule has 1 saturated heterocycles. The molecule has 1 N–H and O–H groups in total. The van der Waals surface area contributed by atoms with Crippen molar-refractivity contribution in [3.8, 4) is 22.9 Å². The van der Waals surface area contributed by atoms with Crippen LogP contribution in [0.5, 0.6) is 11.5 Å². The highest BCUT2D eigenvalue weighted by molar-refractivity contribution is 5.93. The highest BCUT2D eigenvalue weighted by Crippen LogP contribution is 2.30. The number of amides is 1. The Morgan fingerprint density at radius 1 is 1.06 bits per heavy atom. The maximum Gasteiger partial charge on any atom is 0.229 e. The Labute approximate surface area is 182 Å². The summed E-state index contributed by atoms with van der Waals surface area (Å²) in [6.45, 7) is 1.48. The third-order valence-electron chi connectivity index (χ3n) is 5.44. The summed E-state index contributed by atoms with van der Waals surface area (Å²) < 4.78 is 10.6. The number of anilines is 2. The zero-order valence-electron chi connectivity index (χ0n) is 17.7. The molecule has 7 nitrogen and oxygen atoms in total. The second-order valence-electron chi connectivity index (χ2n) is 7.45. The zero-order chi connectivity index (χ0) is 21.6. The van der Waals surface area contributed by atoms with E-state index >= 15 is 0 Å². The van der Waals surface area contributed by atoms with Crippen LogP contribution in [0.25, 0.3) is 11.4 Å². The van der Waals surface area contributed by atoms with Gasteiger partial charge in [-0.1, -0.05) is 30.3 Å². The smallest absolute Gasteiger partial charge is 0.229 e. The molecule has 1 aliphatic heterocycles. The topological polar surface area (TPSA) is 76.6 Å². The molecule has 0 radical (unpaired) electrons. The lowest BCUT2D eigenvalue weighted by atomic mass is 9.97. The van der Waals surface area contributed by atoms with E-state index in [1.54, 1.807) is 32.5 Å². The summed E-state index contributed by atoms with van der Waals surface area (Å²) in [5, 5.41) is 3.01. The van der Waals surface area contributed by atoms with E-state index < -0.39 is 0 Å². The molecule has 31 heavy (non-hydrogen) atoms. The Morgan fingerprint density at radius 3 is 2.65 bits per heavy atom. The minimum atomic E-state index is -0.128. The van der Waals surface area contributed by atoms with Gasteiger partial charge in [-0.25, -0.2) is 9.97 Å². The van der Waals surface area contributed by atoms with Gasteiger partial charge in [-0.15, -0.1) is 0 Å². The van der Waals surface area contributed by atoms with Gasteiger partial charge in [-0.2, -0.15) is 0 Å². The summed E-state index contributed by atoms with van der Waals surface area (Å²) in [5.41, 5.74) is 1.66. The van der Waals surface area contributed by atoms with E-state index in [-0.39, 0.29) is 11.8 Å². The summed E-state index contributed by atoms with van der Waals surface area (Å²) in [7, 11) is 3.16. The number of piperidine rings is 1. The first-order valence-electron chi connectivity index (χ1n) is 10.3. The molecule has 2 heterocycles. The van der Waals surface area contributed by atoms with Gasteiger partial charge in [0.2, 0.25) is 5.91 Å². The van der Waals surface area contributed by atoms with Gasteiger partial charge in [0.25, 0.3) is 0 Å². The lowest BCUT2D eigenvalue weighted by Gasteiger charge is -2.33. The van der Waals surface area contributed by atoms with Crippen molar-refractivity contribution >= 4 is 17.4 Å². The minimum Gasteiger partial charge on any atom is -0.493 e. The molecule has 2 aromatic carbocycles. The average Bonchev–Trinajstić information content (AvgIpc) is 2.84. The first-order chi connectivity index (χ1) is 15.2. The molecular formula is C24H26N4O3. The first kappa shape index (κ1) is 20.7. The fourth-order valence-electron chi connectivity index (χ4n) is 3.81. The lowest BCUT2D eigenvalue weighted by Crippen LogP contribution is -2.41. The number of hydrogen-bond donors (Lipinski definition) is 1. The summed E-state index contributed by atoms with van der Waals surface area (Å²) in [5.74, 6) is 2.61. The van der Waals surface area contributed by atoms with Crippen LogP contribution in [0.3, 0.4) is 0 Å². The number of carbonyl (C=O) groups is 1. The van der Waals surface area contributed by atoms with Crippen LogP contribution in [0.1, 0.15) is 12.8 Å². The van der Waals surface area contributed by atoms with Gasteiger partial charge >= 0.3 is 0 Å². The Balaban J connectivity index is 1.46. The third-order valence-corrected chi connectivity index (χ3v) is 5.44. The number of nitrogens with zero attached hydrogens (tertiary/aromatic N) is 3. The monoisotopic (exact) mass is 418 g/mol. The number of nitrogens with one attached hydrogen (secondary N) is 1. The van der Waals surface area contributed by atoms with Crippen LogP contribution < -0.4 is 19.7 Å². The number of rotatable bonds is 6. The highest BCUT2D eigenvalue weighted by Gasteiger charge is 2.27. The molecule has 1 aromatic heterocycles. The van der Waals surface area contributed by atoms with Crippen LogP contribution >= 0.6 is 0 Å². The van der Waals surface area contributed by atoms with E-state index in [9.17, 15) is 4.79 Å². The van der Waals surface area contributed by atoms with E-state index in [2.05, 4.69) is 15.2 Å². The molecular weight excluding hydrogens is 392 g/mol. The van der Waals surface area contributed by atoms with Gasteiger partial charge in [-0.05, 0) is 31.0 Å². The fraction of sp³-hybridized carbons (Fsp3) is 0.292. The SMILES string of the molecule is COc1ccc(NC(=O)[C@H]2CCCN(c3ccnc(-c4ccccc4)n3)C2)cc1OC. The van der Waals surface area contributed by atoms with Crippen molar-refractivity contribution in [3.05, 3.63) is 60.8 Å². The molecule has 0 aliphatic carbocycles. The van der Waals surface area contributed by atoms with Crippen molar-refractivity contribution in [1.29, 1.82) is 0 Å². The van der Waals surface area contributed by atoms with E-state index in [1.165, 1.54) is 0 Å². The first-order valence-corrected chi connectivity index (χ1v) is 10.3. The van der Waals surface area contributed by atoms with Crippen LogP contribution in [-0.4, -0.2) is 43.2 Å². The van der Waals surface area contributed by atoms with Crippen molar-refractivity contribution in [1.82, 2.24) is 9.97 Å². The van der Waals surface area contributed by atoms with Gasteiger partial charge in [0.1, 0.15) is 5.82 Å². The molecule has 1 amide bonds. The zero-order valence-corrected chi connectivity index (χ0v) is 17.7. The van der Waals surface area contributed by atoms with E-state index in [0.717, 1.165) is 30.8 Å². The van der Waals surface area contributed by atoms with Crippen LogP contribution in [0, 0.1) is 5.92 Å². The van der Waals surface area contributed by atoms with E-state index in [1.807, 2.05) is 42.5 Å². The number of benzene rings is 2. The van der Waals surface area contributed by atoms with Crippen molar-refractivity contribution in [2.24, 2.45) is 5.92 Å². The molecule has 0 bridgehead atoms. The standard InChI is InChI=1S/C24H26N4O3/c1-30-20-11-10-19(15-21(20)31-2)26-24(29)18-9-6-14-28(16-18)22-12-13-25-23(27-22)17-7-4-3-5-8-17/h3-5,7-8,10-13,15,18H,6,9,14,16H2,1-2H3,(H,26,29)/t18-/m0/s1. The van der Waals surface area contributed by atoms with Gasteiger partial charge < -0.3 is 19.7 Å². The van der Waals surface area contributed by atoms with E-state index in [0.29, 0.717) is 29.6 Å².